The molecule has 0 bridgehead atoms. The molecule has 0 saturated carbocycles. The Morgan fingerprint density at radius 3 is 2.40 bits per heavy atom. The molecule has 5 N–H and O–H groups in total. The first-order valence-electron chi connectivity index (χ1n) is 4.97. The van der Waals surface area contributed by atoms with Crippen LogP contribution in [0.1, 0.15) is 32.1 Å². The standard InChI is InChI=1S/C9H18N2O4/c10-5-3-1-2-4-7(9(13)14)6-8(12)11-15/h7,15H,1-6,10H2,(H,11,12)(H,13,14). The zero-order chi connectivity index (χ0) is 11.7. The summed E-state index contributed by atoms with van der Waals surface area (Å²) in [6.07, 6.45) is 2.70. The van der Waals surface area contributed by atoms with Crippen molar-refractivity contribution < 1.29 is 19.9 Å². The molecule has 6 nitrogen and oxygen atoms in total. The molecule has 1 atom stereocenters. The van der Waals surface area contributed by atoms with Crippen molar-refractivity contribution >= 4 is 11.9 Å². The van der Waals surface area contributed by atoms with E-state index >= 15 is 0 Å². The molecule has 0 rings (SSSR count). The Morgan fingerprint density at radius 1 is 1.27 bits per heavy atom. The van der Waals surface area contributed by atoms with Crippen LogP contribution in [0.15, 0.2) is 0 Å². The van der Waals surface area contributed by atoms with Crippen molar-refractivity contribution in [2.75, 3.05) is 6.54 Å². The first kappa shape index (κ1) is 13.9. The first-order valence-corrected chi connectivity index (χ1v) is 4.97. The number of carboxylic acids is 1. The van der Waals surface area contributed by atoms with Gasteiger partial charge in [0.25, 0.3) is 0 Å². The van der Waals surface area contributed by atoms with E-state index in [1.165, 1.54) is 5.48 Å². The molecule has 0 fully saturated rings. The molecule has 0 aliphatic heterocycles. The van der Waals surface area contributed by atoms with E-state index in [0.29, 0.717) is 13.0 Å². The number of carboxylic acid groups (broad SMARTS) is 1. The van der Waals surface area contributed by atoms with Gasteiger partial charge in [0.15, 0.2) is 0 Å². The summed E-state index contributed by atoms with van der Waals surface area (Å²) in [5.41, 5.74) is 6.72. The summed E-state index contributed by atoms with van der Waals surface area (Å²) >= 11 is 0. The van der Waals surface area contributed by atoms with Crippen LogP contribution in [0.2, 0.25) is 0 Å². The monoisotopic (exact) mass is 218 g/mol. The van der Waals surface area contributed by atoms with E-state index in [0.717, 1.165) is 19.3 Å². The summed E-state index contributed by atoms with van der Waals surface area (Å²) in [7, 11) is 0. The molecule has 0 spiro atoms. The second-order valence-electron chi connectivity index (χ2n) is 3.41. The molecule has 0 aromatic heterocycles. The minimum absolute atomic E-state index is 0.186. The fourth-order valence-electron chi connectivity index (χ4n) is 1.29. The van der Waals surface area contributed by atoms with Gasteiger partial charge in [-0.2, -0.15) is 0 Å². The summed E-state index contributed by atoms with van der Waals surface area (Å²) in [6.45, 7) is 0.592. The number of rotatable bonds is 8. The maximum atomic E-state index is 10.8. The molecule has 88 valence electrons. The van der Waals surface area contributed by atoms with Crippen LogP contribution in [0.3, 0.4) is 0 Å². The summed E-state index contributed by atoms with van der Waals surface area (Å²) in [5.74, 6) is -2.40. The minimum atomic E-state index is -1.01. The predicted octanol–water partition coefficient (Wildman–Crippen LogP) is 0.102. The fraction of sp³-hybridized carbons (Fsp3) is 0.778. The number of amides is 1. The lowest BCUT2D eigenvalue weighted by molar-refractivity contribution is -0.145. The molecule has 0 aliphatic rings. The third kappa shape index (κ3) is 6.87. The Hall–Kier alpha value is -1.14. The van der Waals surface area contributed by atoms with Crippen molar-refractivity contribution in [2.24, 2.45) is 11.7 Å². The van der Waals surface area contributed by atoms with Gasteiger partial charge in [0.2, 0.25) is 5.91 Å². The summed E-state index contributed by atoms with van der Waals surface area (Å²) in [4.78, 5) is 21.5. The summed E-state index contributed by atoms with van der Waals surface area (Å²) < 4.78 is 0. The number of hydrogen-bond donors (Lipinski definition) is 4. The van der Waals surface area contributed by atoms with Crippen LogP contribution >= 0.6 is 0 Å². The van der Waals surface area contributed by atoms with Gasteiger partial charge in [-0.05, 0) is 19.4 Å². The second-order valence-corrected chi connectivity index (χ2v) is 3.41. The number of hydrogen-bond acceptors (Lipinski definition) is 4. The highest BCUT2D eigenvalue weighted by Crippen LogP contribution is 2.13. The molecule has 0 aromatic carbocycles. The molecule has 1 unspecified atom stereocenters. The average Bonchev–Trinajstić information content (AvgIpc) is 2.21. The number of aliphatic carboxylic acids is 1. The molecular weight excluding hydrogens is 200 g/mol. The van der Waals surface area contributed by atoms with Gasteiger partial charge in [-0.1, -0.05) is 12.8 Å². The number of carbonyl (C=O) groups excluding carboxylic acids is 1. The first-order chi connectivity index (χ1) is 7.11. The normalized spacial score (nSPS) is 12.1. The lowest BCUT2D eigenvalue weighted by Crippen LogP contribution is -2.25. The number of hydroxylamine groups is 1. The second kappa shape index (κ2) is 8.19. The quantitative estimate of drug-likeness (QED) is 0.262. The maximum absolute atomic E-state index is 10.8. The zero-order valence-electron chi connectivity index (χ0n) is 8.61. The lowest BCUT2D eigenvalue weighted by Gasteiger charge is -2.10. The molecule has 0 heterocycles. The molecule has 0 radical (unpaired) electrons. The maximum Gasteiger partial charge on any atom is 0.307 e. The molecule has 15 heavy (non-hydrogen) atoms. The van der Waals surface area contributed by atoms with Gasteiger partial charge in [0.05, 0.1) is 5.92 Å². The highest BCUT2D eigenvalue weighted by Gasteiger charge is 2.20. The largest absolute Gasteiger partial charge is 0.481 e. The van der Waals surface area contributed by atoms with E-state index < -0.39 is 17.8 Å². The molecule has 1 amide bonds. The number of unbranched alkanes of at least 4 members (excludes halogenated alkanes) is 2. The van der Waals surface area contributed by atoms with Crippen molar-refractivity contribution in [3.05, 3.63) is 0 Å². The van der Waals surface area contributed by atoms with Gasteiger partial charge in [0, 0.05) is 6.42 Å². The summed E-state index contributed by atoms with van der Waals surface area (Å²) in [6, 6.07) is 0. The molecule has 6 heteroatoms. The van der Waals surface area contributed by atoms with Crippen LogP contribution in [-0.4, -0.2) is 28.7 Å². The van der Waals surface area contributed by atoms with Crippen molar-refractivity contribution in [1.29, 1.82) is 0 Å². The van der Waals surface area contributed by atoms with Crippen molar-refractivity contribution in [2.45, 2.75) is 32.1 Å². The van der Waals surface area contributed by atoms with Gasteiger partial charge < -0.3 is 10.8 Å². The van der Waals surface area contributed by atoms with Crippen LogP contribution in [0.5, 0.6) is 0 Å². The Labute approximate surface area is 88.4 Å². The van der Waals surface area contributed by atoms with E-state index in [9.17, 15) is 9.59 Å². The van der Waals surface area contributed by atoms with Crippen molar-refractivity contribution in [3.63, 3.8) is 0 Å². The number of nitrogens with one attached hydrogen (secondary N) is 1. The fourth-order valence-corrected chi connectivity index (χ4v) is 1.29. The minimum Gasteiger partial charge on any atom is -0.481 e. The molecular formula is C9H18N2O4. The Morgan fingerprint density at radius 2 is 1.93 bits per heavy atom. The lowest BCUT2D eigenvalue weighted by atomic mass is 9.97. The van der Waals surface area contributed by atoms with E-state index in [1.54, 1.807) is 0 Å². The predicted molar refractivity (Wildman–Crippen MR) is 53.2 cm³/mol. The third-order valence-electron chi connectivity index (χ3n) is 2.16. The average molecular weight is 218 g/mol. The Bertz CT molecular complexity index is 208. The van der Waals surface area contributed by atoms with Gasteiger partial charge >= 0.3 is 5.97 Å². The molecule has 0 saturated heterocycles. The van der Waals surface area contributed by atoms with Gasteiger partial charge in [-0.25, -0.2) is 5.48 Å². The van der Waals surface area contributed by atoms with E-state index in [4.69, 9.17) is 16.0 Å². The number of carbonyl (C=O) groups is 2. The van der Waals surface area contributed by atoms with Crippen LogP contribution in [0.4, 0.5) is 0 Å². The zero-order valence-corrected chi connectivity index (χ0v) is 8.61. The Kier molecular flexibility index (Phi) is 7.57. The van der Waals surface area contributed by atoms with E-state index in [1.807, 2.05) is 0 Å². The van der Waals surface area contributed by atoms with Gasteiger partial charge in [-0.15, -0.1) is 0 Å². The van der Waals surface area contributed by atoms with Gasteiger partial charge in [-0.3, -0.25) is 14.8 Å². The van der Waals surface area contributed by atoms with Crippen LogP contribution in [0.25, 0.3) is 0 Å². The topological polar surface area (TPSA) is 113 Å². The number of nitrogens with two attached hydrogens (primary N) is 1. The molecule has 0 aliphatic carbocycles. The van der Waals surface area contributed by atoms with E-state index in [2.05, 4.69) is 0 Å². The van der Waals surface area contributed by atoms with Crippen LogP contribution in [0, 0.1) is 5.92 Å². The highest BCUT2D eigenvalue weighted by molar-refractivity contribution is 5.81. The van der Waals surface area contributed by atoms with Crippen molar-refractivity contribution in [3.8, 4) is 0 Å². The Balaban J connectivity index is 3.84. The van der Waals surface area contributed by atoms with Crippen LogP contribution < -0.4 is 11.2 Å². The van der Waals surface area contributed by atoms with E-state index in [-0.39, 0.29) is 6.42 Å². The van der Waals surface area contributed by atoms with Crippen molar-refractivity contribution in [1.82, 2.24) is 5.48 Å². The third-order valence-corrected chi connectivity index (χ3v) is 2.16. The smallest absolute Gasteiger partial charge is 0.307 e. The SMILES string of the molecule is NCCCCCC(CC(=O)NO)C(=O)O. The highest BCUT2D eigenvalue weighted by atomic mass is 16.5. The van der Waals surface area contributed by atoms with Gasteiger partial charge in [0.1, 0.15) is 0 Å². The summed E-state index contributed by atoms with van der Waals surface area (Å²) in [5, 5.41) is 17.1. The molecule has 0 aromatic rings. The van der Waals surface area contributed by atoms with Crippen LogP contribution in [-0.2, 0) is 9.59 Å².